The van der Waals surface area contributed by atoms with E-state index in [0.717, 1.165) is 11.4 Å². The van der Waals surface area contributed by atoms with E-state index < -0.39 is 0 Å². The van der Waals surface area contributed by atoms with Gasteiger partial charge >= 0.3 is 0 Å². The Morgan fingerprint density at radius 1 is 1.09 bits per heavy atom. The second-order valence-corrected chi connectivity index (χ2v) is 5.90. The van der Waals surface area contributed by atoms with Gasteiger partial charge in [0.25, 0.3) is 0 Å². The first kappa shape index (κ1) is 17.1. The third-order valence-corrected chi connectivity index (χ3v) is 4.19. The molecule has 0 heterocycles. The summed E-state index contributed by atoms with van der Waals surface area (Å²) in [5.74, 6) is 0.149. The lowest BCUT2D eigenvalue weighted by molar-refractivity contribution is -0.118. The zero-order valence-corrected chi connectivity index (χ0v) is 14.5. The summed E-state index contributed by atoms with van der Waals surface area (Å²) in [6.07, 6.45) is 0.481. The van der Waals surface area contributed by atoms with E-state index in [1.807, 2.05) is 43.0 Å². The van der Waals surface area contributed by atoms with E-state index >= 15 is 0 Å². The van der Waals surface area contributed by atoms with Crippen molar-refractivity contribution in [1.82, 2.24) is 0 Å². The Kier molecular flexibility index (Phi) is 5.80. The highest BCUT2D eigenvalue weighted by molar-refractivity contribution is 5.93. The molecule has 0 aromatic heterocycles. The molecule has 0 aliphatic carbocycles. The molecule has 0 saturated carbocycles. The molecule has 0 unspecified atom stereocenters. The summed E-state index contributed by atoms with van der Waals surface area (Å²) < 4.78 is 0. The van der Waals surface area contributed by atoms with Crippen molar-refractivity contribution < 1.29 is 4.79 Å². The van der Waals surface area contributed by atoms with Crippen molar-refractivity contribution in [1.29, 1.82) is 0 Å². The molecule has 2 aromatic rings. The molecule has 1 amide bonds. The lowest BCUT2D eigenvalue weighted by Gasteiger charge is -2.22. The molecule has 2 rings (SSSR count). The van der Waals surface area contributed by atoms with Crippen molar-refractivity contribution in [3.8, 4) is 0 Å². The summed E-state index contributed by atoms with van der Waals surface area (Å²) >= 11 is 0. The number of rotatable bonds is 6. The summed E-state index contributed by atoms with van der Waals surface area (Å²) in [6.45, 7) is 9.59. The molecule has 0 radical (unpaired) electrons. The van der Waals surface area contributed by atoms with Crippen LogP contribution in [0.3, 0.4) is 0 Å². The highest BCUT2D eigenvalue weighted by Gasteiger charge is 2.13. The Hall–Kier alpha value is -2.29. The molecule has 2 aromatic carbocycles. The van der Waals surface area contributed by atoms with E-state index in [1.165, 1.54) is 16.7 Å². The minimum absolute atomic E-state index is 0.149. The van der Waals surface area contributed by atoms with Crippen LogP contribution in [-0.2, 0) is 4.79 Å². The van der Waals surface area contributed by atoms with Crippen LogP contribution in [0.25, 0.3) is 0 Å². The lowest BCUT2D eigenvalue weighted by Crippen LogP contribution is -2.31. The van der Waals surface area contributed by atoms with E-state index in [2.05, 4.69) is 37.4 Å². The molecule has 122 valence electrons. The standard InChI is InChI=1S/C20H26N2O/c1-5-22(18-10-6-8-15(2)14-18)20(23)12-13-21-19-11-7-9-16(3)17(19)4/h6-11,14,21H,5,12-13H2,1-4H3. The van der Waals surface area contributed by atoms with Crippen LogP contribution in [0, 0.1) is 20.8 Å². The third kappa shape index (κ3) is 4.35. The van der Waals surface area contributed by atoms with Crippen LogP contribution < -0.4 is 10.2 Å². The van der Waals surface area contributed by atoms with Gasteiger partial charge in [-0.15, -0.1) is 0 Å². The van der Waals surface area contributed by atoms with Crippen molar-refractivity contribution in [3.05, 3.63) is 59.2 Å². The summed E-state index contributed by atoms with van der Waals surface area (Å²) in [5.41, 5.74) is 5.75. The number of aryl methyl sites for hydroxylation is 2. The van der Waals surface area contributed by atoms with E-state index in [4.69, 9.17) is 0 Å². The molecule has 0 fully saturated rings. The minimum Gasteiger partial charge on any atom is -0.384 e. The number of carbonyl (C=O) groups excluding carboxylic acids is 1. The number of nitrogens with zero attached hydrogens (tertiary/aromatic N) is 1. The highest BCUT2D eigenvalue weighted by atomic mass is 16.2. The first-order valence-corrected chi connectivity index (χ1v) is 8.20. The van der Waals surface area contributed by atoms with Crippen LogP contribution >= 0.6 is 0 Å². The first-order valence-electron chi connectivity index (χ1n) is 8.20. The van der Waals surface area contributed by atoms with Gasteiger partial charge in [0.1, 0.15) is 0 Å². The molecule has 0 saturated heterocycles. The topological polar surface area (TPSA) is 32.3 Å². The molecule has 0 atom stereocenters. The largest absolute Gasteiger partial charge is 0.384 e. The Bertz CT molecular complexity index is 679. The van der Waals surface area contributed by atoms with E-state index in [9.17, 15) is 4.79 Å². The van der Waals surface area contributed by atoms with Gasteiger partial charge in [-0.3, -0.25) is 4.79 Å². The lowest BCUT2D eigenvalue weighted by atomic mass is 10.1. The predicted octanol–water partition coefficient (Wildman–Crippen LogP) is 4.47. The Morgan fingerprint density at radius 3 is 2.52 bits per heavy atom. The monoisotopic (exact) mass is 310 g/mol. The SMILES string of the molecule is CCN(C(=O)CCNc1cccc(C)c1C)c1cccc(C)c1. The first-order chi connectivity index (χ1) is 11.0. The van der Waals surface area contributed by atoms with Crippen LogP contribution in [0.4, 0.5) is 11.4 Å². The summed E-state index contributed by atoms with van der Waals surface area (Å²) in [6, 6.07) is 14.3. The van der Waals surface area contributed by atoms with Crippen molar-refractivity contribution >= 4 is 17.3 Å². The Morgan fingerprint density at radius 2 is 1.83 bits per heavy atom. The van der Waals surface area contributed by atoms with Crippen LogP contribution in [0.2, 0.25) is 0 Å². The van der Waals surface area contributed by atoms with Gasteiger partial charge in [0.2, 0.25) is 5.91 Å². The summed E-state index contributed by atoms with van der Waals surface area (Å²) in [4.78, 5) is 14.4. The molecule has 0 aliphatic heterocycles. The van der Waals surface area contributed by atoms with Crippen molar-refractivity contribution in [2.75, 3.05) is 23.3 Å². The fraction of sp³-hybridized carbons (Fsp3) is 0.350. The van der Waals surface area contributed by atoms with Crippen molar-refractivity contribution in [2.24, 2.45) is 0 Å². The Labute approximate surface area is 139 Å². The molecular formula is C20H26N2O. The van der Waals surface area contributed by atoms with Crippen LogP contribution in [0.5, 0.6) is 0 Å². The average molecular weight is 310 g/mol. The molecule has 0 bridgehead atoms. The van der Waals surface area contributed by atoms with Gasteiger partial charge < -0.3 is 10.2 Å². The maximum Gasteiger partial charge on any atom is 0.228 e. The normalized spacial score (nSPS) is 10.4. The maximum absolute atomic E-state index is 12.5. The summed E-state index contributed by atoms with van der Waals surface area (Å²) in [5, 5.41) is 3.38. The second-order valence-electron chi connectivity index (χ2n) is 5.90. The van der Waals surface area contributed by atoms with Crippen LogP contribution in [-0.4, -0.2) is 19.0 Å². The number of hydrogen-bond donors (Lipinski definition) is 1. The zero-order chi connectivity index (χ0) is 16.8. The van der Waals surface area contributed by atoms with Gasteiger partial charge in [0.15, 0.2) is 0 Å². The maximum atomic E-state index is 12.5. The Balaban J connectivity index is 1.96. The van der Waals surface area contributed by atoms with E-state index in [1.54, 1.807) is 0 Å². The minimum atomic E-state index is 0.149. The van der Waals surface area contributed by atoms with Crippen LogP contribution in [0.1, 0.15) is 30.0 Å². The predicted molar refractivity (Wildman–Crippen MR) is 98.2 cm³/mol. The van der Waals surface area contributed by atoms with Crippen molar-refractivity contribution in [2.45, 2.75) is 34.1 Å². The molecule has 1 N–H and O–H groups in total. The molecular weight excluding hydrogens is 284 g/mol. The highest BCUT2D eigenvalue weighted by Crippen LogP contribution is 2.19. The van der Waals surface area contributed by atoms with Gasteiger partial charge in [-0.05, 0) is 62.6 Å². The summed E-state index contributed by atoms with van der Waals surface area (Å²) in [7, 11) is 0. The van der Waals surface area contributed by atoms with Gasteiger partial charge in [-0.1, -0.05) is 24.3 Å². The fourth-order valence-corrected chi connectivity index (χ4v) is 2.68. The number of nitrogens with one attached hydrogen (secondary N) is 1. The number of hydrogen-bond acceptors (Lipinski definition) is 2. The van der Waals surface area contributed by atoms with Gasteiger partial charge in [0.05, 0.1) is 0 Å². The van der Waals surface area contributed by atoms with E-state index in [0.29, 0.717) is 19.5 Å². The number of amides is 1. The zero-order valence-electron chi connectivity index (χ0n) is 14.5. The molecule has 0 spiro atoms. The van der Waals surface area contributed by atoms with Crippen LogP contribution in [0.15, 0.2) is 42.5 Å². The fourth-order valence-electron chi connectivity index (χ4n) is 2.68. The number of carbonyl (C=O) groups is 1. The smallest absolute Gasteiger partial charge is 0.228 e. The quantitative estimate of drug-likeness (QED) is 0.854. The second kappa shape index (κ2) is 7.82. The molecule has 3 nitrogen and oxygen atoms in total. The average Bonchev–Trinajstić information content (AvgIpc) is 2.52. The number of anilines is 2. The van der Waals surface area contributed by atoms with E-state index in [-0.39, 0.29) is 5.91 Å². The molecule has 3 heteroatoms. The van der Waals surface area contributed by atoms with Gasteiger partial charge in [-0.25, -0.2) is 0 Å². The number of benzene rings is 2. The van der Waals surface area contributed by atoms with Gasteiger partial charge in [0, 0.05) is 30.9 Å². The van der Waals surface area contributed by atoms with Gasteiger partial charge in [-0.2, -0.15) is 0 Å². The molecule has 0 aliphatic rings. The molecule has 23 heavy (non-hydrogen) atoms. The van der Waals surface area contributed by atoms with Crippen molar-refractivity contribution in [3.63, 3.8) is 0 Å². The third-order valence-electron chi connectivity index (χ3n) is 4.19.